The Morgan fingerprint density at radius 1 is 1.12 bits per heavy atom. The quantitative estimate of drug-likeness (QED) is 0.421. The summed E-state index contributed by atoms with van der Waals surface area (Å²) in [5, 5.41) is 21.8. The first-order valence-electron chi connectivity index (χ1n) is 10.7. The number of hydrogen-bond donors (Lipinski definition) is 3. The number of aliphatic hydroxyl groups excluding tert-OH is 1. The average Bonchev–Trinajstić information content (AvgIpc) is 2.79. The Morgan fingerprint density at radius 3 is 2.59 bits per heavy atom. The van der Waals surface area contributed by atoms with Crippen molar-refractivity contribution in [3.8, 4) is 11.5 Å². The lowest BCUT2D eigenvalue weighted by molar-refractivity contribution is 0.0668. The summed E-state index contributed by atoms with van der Waals surface area (Å²) >= 11 is 0. The molecule has 8 nitrogen and oxygen atoms in total. The van der Waals surface area contributed by atoms with Crippen LogP contribution in [0, 0.1) is 0 Å². The number of likely N-dealkylation sites (N-methyl/N-ethyl adjacent to an activating group) is 1. The van der Waals surface area contributed by atoms with Crippen molar-refractivity contribution in [3.05, 3.63) is 64.1 Å². The number of H-pyrrole nitrogens is 1. The number of ether oxygens (including phenoxy) is 2. The molecule has 0 bridgehead atoms. The van der Waals surface area contributed by atoms with Crippen molar-refractivity contribution in [3.63, 3.8) is 0 Å². The highest BCUT2D eigenvalue weighted by Gasteiger charge is 2.13. The summed E-state index contributed by atoms with van der Waals surface area (Å²) in [4.78, 5) is 14.0. The van der Waals surface area contributed by atoms with Crippen LogP contribution in [0.15, 0.2) is 47.3 Å². The molecular formula is C24H32N4O4. The Bertz CT molecular complexity index is 1080. The molecule has 32 heavy (non-hydrogen) atoms. The molecule has 0 fully saturated rings. The van der Waals surface area contributed by atoms with Gasteiger partial charge in [-0.3, -0.25) is 4.79 Å². The van der Waals surface area contributed by atoms with E-state index in [0.29, 0.717) is 42.6 Å². The van der Waals surface area contributed by atoms with E-state index in [9.17, 15) is 9.90 Å². The fourth-order valence-electron chi connectivity index (χ4n) is 3.35. The third-order valence-electron chi connectivity index (χ3n) is 5.44. The molecule has 0 aliphatic rings. The van der Waals surface area contributed by atoms with E-state index in [2.05, 4.69) is 34.3 Å². The Kier molecular flexibility index (Phi) is 8.21. The van der Waals surface area contributed by atoms with Gasteiger partial charge in [-0.25, -0.2) is 5.10 Å². The van der Waals surface area contributed by atoms with Gasteiger partial charge in [0.05, 0.1) is 18.2 Å². The second-order valence-electron chi connectivity index (χ2n) is 8.13. The van der Waals surface area contributed by atoms with Gasteiger partial charge in [0.25, 0.3) is 5.56 Å². The highest BCUT2D eigenvalue weighted by molar-refractivity contribution is 5.83. The Balaban J connectivity index is 1.58. The summed E-state index contributed by atoms with van der Waals surface area (Å²) in [6.45, 7) is 5.99. The van der Waals surface area contributed by atoms with Crippen LogP contribution in [0.2, 0.25) is 0 Å². The second kappa shape index (κ2) is 11.1. The summed E-state index contributed by atoms with van der Waals surface area (Å²) < 4.78 is 11.3. The third kappa shape index (κ3) is 6.06. The van der Waals surface area contributed by atoms with Crippen molar-refractivity contribution in [2.45, 2.75) is 39.1 Å². The number of benzene rings is 2. The van der Waals surface area contributed by atoms with E-state index in [1.165, 1.54) is 0 Å². The Labute approximate surface area is 188 Å². The van der Waals surface area contributed by atoms with Gasteiger partial charge in [-0.1, -0.05) is 24.3 Å². The van der Waals surface area contributed by atoms with Gasteiger partial charge in [0.15, 0.2) is 11.5 Å². The predicted octanol–water partition coefficient (Wildman–Crippen LogP) is 2.30. The van der Waals surface area contributed by atoms with E-state index in [1.807, 2.05) is 43.4 Å². The summed E-state index contributed by atoms with van der Waals surface area (Å²) in [5.74, 6) is 1.21. The molecule has 3 N–H and O–H groups in total. The van der Waals surface area contributed by atoms with Crippen molar-refractivity contribution in [1.29, 1.82) is 0 Å². The average molecular weight is 441 g/mol. The van der Waals surface area contributed by atoms with Crippen LogP contribution in [0.25, 0.3) is 10.8 Å². The number of hydrogen-bond acceptors (Lipinski definition) is 7. The minimum atomic E-state index is -0.590. The van der Waals surface area contributed by atoms with Gasteiger partial charge in [0.1, 0.15) is 12.7 Å². The maximum absolute atomic E-state index is 11.9. The molecule has 0 amide bonds. The van der Waals surface area contributed by atoms with Crippen molar-refractivity contribution in [2.75, 3.05) is 27.3 Å². The van der Waals surface area contributed by atoms with Gasteiger partial charge >= 0.3 is 0 Å². The number of nitrogens with one attached hydrogen (secondary N) is 2. The molecule has 0 radical (unpaired) electrons. The van der Waals surface area contributed by atoms with Crippen molar-refractivity contribution >= 4 is 10.8 Å². The van der Waals surface area contributed by atoms with Crippen LogP contribution in [-0.4, -0.2) is 59.7 Å². The van der Waals surface area contributed by atoms with Crippen LogP contribution in [0.4, 0.5) is 0 Å². The van der Waals surface area contributed by atoms with E-state index in [-0.39, 0.29) is 12.2 Å². The maximum Gasteiger partial charge on any atom is 0.272 e. The zero-order valence-electron chi connectivity index (χ0n) is 19.1. The van der Waals surface area contributed by atoms with Gasteiger partial charge in [0, 0.05) is 31.1 Å². The zero-order valence-corrected chi connectivity index (χ0v) is 19.1. The number of fused-ring (bicyclic) bond motifs is 1. The molecule has 0 saturated carbocycles. The number of aliphatic hydroxyl groups is 1. The first kappa shape index (κ1) is 23.7. The molecule has 1 atom stereocenters. The van der Waals surface area contributed by atoms with Crippen LogP contribution >= 0.6 is 0 Å². The van der Waals surface area contributed by atoms with E-state index in [1.54, 1.807) is 13.2 Å². The molecule has 3 aromatic rings. The van der Waals surface area contributed by atoms with Crippen molar-refractivity contribution in [1.82, 2.24) is 20.4 Å². The molecule has 1 heterocycles. The molecule has 1 aromatic heterocycles. The molecule has 3 rings (SSSR count). The topological polar surface area (TPSA) is 99.7 Å². The number of nitrogens with zero attached hydrogens (tertiary/aromatic N) is 2. The van der Waals surface area contributed by atoms with Crippen LogP contribution in [0.1, 0.15) is 25.1 Å². The zero-order chi connectivity index (χ0) is 23.1. The fourth-order valence-corrected chi connectivity index (χ4v) is 3.35. The van der Waals surface area contributed by atoms with Gasteiger partial charge in [-0.15, -0.1) is 0 Å². The summed E-state index contributed by atoms with van der Waals surface area (Å²) in [7, 11) is 3.57. The second-order valence-corrected chi connectivity index (χ2v) is 8.13. The Hall–Kier alpha value is -2.94. The van der Waals surface area contributed by atoms with E-state index >= 15 is 0 Å². The fraction of sp³-hybridized carbons (Fsp3) is 0.417. The predicted molar refractivity (Wildman–Crippen MR) is 125 cm³/mol. The Morgan fingerprint density at radius 2 is 1.88 bits per heavy atom. The number of methoxy groups -OCH3 is 1. The lowest BCUT2D eigenvalue weighted by atomic mass is 10.1. The van der Waals surface area contributed by atoms with Crippen LogP contribution in [0.3, 0.4) is 0 Å². The minimum absolute atomic E-state index is 0.189. The molecule has 0 aliphatic heterocycles. The molecule has 0 saturated heterocycles. The lowest BCUT2D eigenvalue weighted by Crippen LogP contribution is -2.36. The highest BCUT2D eigenvalue weighted by Crippen LogP contribution is 2.28. The van der Waals surface area contributed by atoms with E-state index in [0.717, 1.165) is 16.6 Å². The first-order chi connectivity index (χ1) is 15.4. The molecule has 172 valence electrons. The van der Waals surface area contributed by atoms with E-state index in [4.69, 9.17) is 9.47 Å². The van der Waals surface area contributed by atoms with E-state index < -0.39 is 6.10 Å². The maximum atomic E-state index is 11.9. The first-order valence-corrected chi connectivity index (χ1v) is 10.7. The molecular weight excluding hydrogens is 408 g/mol. The SMILES string of the molecule is COc1cc(CNCc2n[nH]c(=O)c3ccccc23)ccc1OCC(O)CN(C)C(C)C. The molecule has 1 unspecified atom stereocenters. The van der Waals surface area contributed by atoms with Gasteiger partial charge < -0.3 is 24.8 Å². The van der Waals surface area contributed by atoms with Gasteiger partial charge in [-0.2, -0.15) is 5.10 Å². The molecule has 2 aromatic carbocycles. The third-order valence-corrected chi connectivity index (χ3v) is 5.44. The normalized spacial score (nSPS) is 12.5. The molecule has 0 aliphatic carbocycles. The summed E-state index contributed by atoms with van der Waals surface area (Å²) in [6.07, 6.45) is -0.590. The molecule has 0 spiro atoms. The molecule has 8 heteroatoms. The summed E-state index contributed by atoms with van der Waals surface area (Å²) in [6, 6.07) is 13.5. The van der Waals surface area contributed by atoms with Gasteiger partial charge in [0.2, 0.25) is 0 Å². The van der Waals surface area contributed by atoms with Crippen LogP contribution in [0.5, 0.6) is 11.5 Å². The van der Waals surface area contributed by atoms with Crippen LogP contribution in [-0.2, 0) is 13.1 Å². The van der Waals surface area contributed by atoms with Gasteiger partial charge in [-0.05, 0) is 44.7 Å². The number of aromatic amines is 1. The van der Waals surface area contributed by atoms with Crippen molar-refractivity contribution < 1.29 is 14.6 Å². The lowest BCUT2D eigenvalue weighted by Gasteiger charge is -2.24. The number of aromatic nitrogens is 2. The highest BCUT2D eigenvalue weighted by atomic mass is 16.5. The van der Waals surface area contributed by atoms with Crippen LogP contribution < -0.4 is 20.3 Å². The standard InChI is InChI=1S/C24H32N4O4/c1-16(2)28(3)14-18(29)15-32-22-10-9-17(11-23(22)31-4)12-25-13-21-19-7-5-6-8-20(19)24(30)27-26-21/h5-11,16,18,25,29H,12-15H2,1-4H3,(H,27,30). The monoisotopic (exact) mass is 440 g/mol. The summed E-state index contributed by atoms with van der Waals surface area (Å²) in [5.41, 5.74) is 1.61. The number of rotatable bonds is 11. The largest absolute Gasteiger partial charge is 0.493 e. The minimum Gasteiger partial charge on any atom is -0.493 e. The smallest absolute Gasteiger partial charge is 0.272 e. The van der Waals surface area contributed by atoms with Crippen molar-refractivity contribution in [2.24, 2.45) is 0 Å².